The molecule has 5 aliphatic rings. The molecular weight excluding hydrogens is 1050 g/mol. The smallest absolute Gasteiger partial charge is 0.410 e. The molecule has 0 unspecified atom stereocenters. The van der Waals surface area contributed by atoms with Gasteiger partial charge in [0.2, 0.25) is 6.29 Å². The summed E-state index contributed by atoms with van der Waals surface area (Å²) in [5.74, 6) is -1.18. The van der Waals surface area contributed by atoms with E-state index in [0.29, 0.717) is 25.1 Å². The maximum atomic E-state index is 14.3. The Morgan fingerprint density at radius 1 is 0.637 bits per heavy atom. The number of nitrogens with one attached hydrogen (secondary N) is 5. The summed E-state index contributed by atoms with van der Waals surface area (Å²) in [6.07, 6.45) is -10.4. The number of alkyl carbamates (subject to hydrolysis) is 3. The molecule has 5 amide bonds. The minimum absolute atomic E-state index is 0.0434. The van der Waals surface area contributed by atoms with Crippen molar-refractivity contribution in [1.82, 2.24) is 31.5 Å². The summed E-state index contributed by atoms with van der Waals surface area (Å²) >= 11 is 0. The summed E-state index contributed by atoms with van der Waals surface area (Å²) in [6, 6.07) is -5.03. The predicted molar refractivity (Wildman–Crippen MR) is 287 cm³/mol. The fraction of sp³-hybridized carbons (Fsp3) is 0.855. The average molecular weight is 1140 g/mol. The standard InChI is InChI=1S/C55H94N6O19/c1-49(2,3)76-36(62)22-30-24-55(71,25-30)44(65)58-34-23-35(60-47(68)79-52(10,11)12)40(37(63)39(34)75-43-38(64)41(54(16,70)28-72-43)61(17)48(69)80-53(13,14)15)74-42-33(59-46(67)78-51(7,8)9)19-18-32(73-42)27-56-26-29-20-31(21-29)57-45(66)77-50(4,5)6/h18,29-31,33-35,37-43,56,63-64,70-71H,19-28H2,1-17H3,(H,57,66)(H,58,65)(H,59,67)(H,60,68)/t29?,30?,31?,33-,34-,35+,37-,38-,39+,40-,41-,42-,43-,54+,55?/m1/s1. The second-order valence-corrected chi connectivity index (χ2v) is 27.4. The van der Waals surface area contributed by atoms with Gasteiger partial charge in [-0.15, -0.1) is 0 Å². The van der Waals surface area contributed by atoms with E-state index in [1.165, 1.54) is 14.0 Å². The largest absolute Gasteiger partial charge is 0.466 e. The summed E-state index contributed by atoms with van der Waals surface area (Å²) in [6.45, 7) is 27.1. The molecule has 3 aliphatic carbocycles. The molecule has 0 aromatic heterocycles. The lowest BCUT2D eigenvalue weighted by atomic mass is 9.68. The number of ether oxygens (including phenoxy) is 9. The lowest BCUT2D eigenvalue weighted by molar-refractivity contribution is -0.311. The van der Waals surface area contributed by atoms with Crippen molar-refractivity contribution >= 4 is 36.2 Å². The van der Waals surface area contributed by atoms with Gasteiger partial charge in [-0.25, -0.2) is 19.2 Å². The normalized spacial score (nSPS) is 32.9. The van der Waals surface area contributed by atoms with Gasteiger partial charge in [-0.05, 0) is 174 Å². The first-order valence-corrected chi connectivity index (χ1v) is 27.8. The molecule has 2 aliphatic heterocycles. The number of carbonyl (C=O) groups is 6. The monoisotopic (exact) mass is 1140 g/mol. The van der Waals surface area contributed by atoms with Gasteiger partial charge in [0.05, 0.1) is 37.3 Å². The van der Waals surface area contributed by atoms with Crippen LogP contribution in [0.1, 0.15) is 156 Å². The topological polar surface area (TPSA) is 330 Å². The molecule has 25 heteroatoms. The molecule has 0 radical (unpaired) electrons. The van der Waals surface area contributed by atoms with Crippen LogP contribution < -0.4 is 26.6 Å². The lowest BCUT2D eigenvalue weighted by Crippen LogP contribution is -2.71. The maximum absolute atomic E-state index is 14.3. The highest BCUT2D eigenvalue weighted by Crippen LogP contribution is 2.42. The molecule has 11 atom stereocenters. The van der Waals surface area contributed by atoms with E-state index in [-0.39, 0.29) is 50.6 Å². The minimum atomic E-state index is -1.99. The third-order valence-electron chi connectivity index (χ3n) is 13.6. The van der Waals surface area contributed by atoms with Gasteiger partial charge in [-0.3, -0.25) is 9.59 Å². The van der Waals surface area contributed by atoms with Crippen LogP contribution in [-0.4, -0.2) is 195 Å². The van der Waals surface area contributed by atoms with Crippen LogP contribution in [-0.2, 0) is 52.2 Å². The van der Waals surface area contributed by atoms with Crippen molar-refractivity contribution in [1.29, 1.82) is 0 Å². The fourth-order valence-corrected chi connectivity index (χ4v) is 10.3. The van der Waals surface area contributed by atoms with Crippen molar-refractivity contribution in [3.05, 3.63) is 11.8 Å². The quantitative estimate of drug-likeness (QED) is 0.0782. The Morgan fingerprint density at radius 2 is 1.12 bits per heavy atom. The molecular formula is C55H94N6O19. The number of hydrogen-bond donors (Lipinski definition) is 9. The van der Waals surface area contributed by atoms with Crippen LogP contribution >= 0.6 is 0 Å². The van der Waals surface area contributed by atoms with Gasteiger partial charge < -0.3 is 94.5 Å². The maximum Gasteiger partial charge on any atom is 0.410 e. The van der Waals surface area contributed by atoms with Crippen molar-refractivity contribution in [2.45, 2.75) is 262 Å². The molecule has 9 N–H and O–H groups in total. The first kappa shape index (κ1) is 66.0. The fourth-order valence-electron chi connectivity index (χ4n) is 10.3. The number of hydrogen-bond acceptors (Lipinski definition) is 20. The molecule has 1 saturated heterocycles. The number of likely N-dealkylation sites (N-methyl/N-ethyl adjacent to an activating group) is 1. The third kappa shape index (κ3) is 19.7. The predicted octanol–water partition coefficient (Wildman–Crippen LogP) is 3.89. The summed E-state index contributed by atoms with van der Waals surface area (Å²) in [5.41, 5.74) is -8.13. The summed E-state index contributed by atoms with van der Waals surface area (Å²) < 4.78 is 53.3. The highest BCUT2D eigenvalue weighted by atomic mass is 16.7. The summed E-state index contributed by atoms with van der Waals surface area (Å²) in [5, 5.41) is 62.8. The second kappa shape index (κ2) is 25.4. The third-order valence-corrected chi connectivity index (χ3v) is 13.6. The van der Waals surface area contributed by atoms with E-state index in [4.69, 9.17) is 42.6 Å². The zero-order chi connectivity index (χ0) is 60.3. The van der Waals surface area contributed by atoms with Crippen LogP contribution in [0.4, 0.5) is 19.2 Å². The molecule has 0 aromatic rings. The lowest BCUT2D eigenvalue weighted by Gasteiger charge is -2.51. The van der Waals surface area contributed by atoms with Crippen molar-refractivity contribution < 1.29 is 91.8 Å². The number of carbonyl (C=O) groups excluding carboxylic acids is 6. The van der Waals surface area contributed by atoms with Gasteiger partial charge in [0.1, 0.15) is 69.4 Å². The van der Waals surface area contributed by atoms with E-state index < -0.39 is 149 Å². The highest BCUT2D eigenvalue weighted by Gasteiger charge is 2.57. The molecule has 0 aromatic carbocycles. The van der Waals surface area contributed by atoms with E-state index >= 15 is 0 Å². The number of nitrogens with zero attached hydrogens (tertiary/aromatic N) is 1. The number of aliphatic hydroxyl groups is 4. The zero-order valence-electron chi connectivity index (χ0n) is 50.0. The molecule has 0 bridgehead atoms. The van der Waals surface area contributed by atoms with Crippen molar-refractivity contribution in [3.63, 3.8) is 0 Å². The van der Waals surface area contributed by atoms with E-state index in [1.54, 1.807) is 110 Å². The first-order chi connectivity index (χ1) is 36.5. The van der Waals surface area contributed by atoms with Crippen molar-refractivity contribution in [3.8, 4) is 0 Å². The number of aliphatic hydroxyl groups excluding tert-OH is 2. The molecule has 80 heavy (non-hydrogen) atoms. The van der Waals surface area contributed by atoms with E-state index in [9.17, 15) is 49.2 Å². The Morgan fingerprint density at radius 3 is 1.65 bits per heavy atom. The Labute approximate surface area is 470 Å². The molecule has 3 saturated carbocycles. The molecule has 5 rings (SSSR count). The highest BCUT2D eigenvalue weighted by molar-refractivity contribution is 5.86. The Kier molecular flexibility index (Phi) is 21.0. The van der Waals surface area contributed by atoms with Gasteiger partial charge in [0, 0.05) is 19.5 Å². The van der Waals surface area contributed by atoms with Crippen LogP contribution in [0.5, 0.6) is 0 Å². The number of rotatable bonds is 16. The van der Waals surface area contributed by atoms with Gasteiger partial charge in [0.15, 0.2) is 6.29 Å². The van der Waals surface area contributed by atoms with Gasteiger partial charge >= 0.3 is 30.3 Å². The van der Waals surface area contributed by atoms with Crippen LogP contribution in [0.2, 0.25) is 0 Å². The number of amides is 5. The molecule has 2 heterocycles. The van der Waals surface area contributed by atoms with Crippen LogP contribution in [0.15, 0.2) is 11.8 Å². The summed E-state index contributed by atoms with van der Waals surface area (Å²) in [7, 11) is 1.32. The molecule has 458 valence electrons. The molecule has 0 spiro atoms. The SMILES string of the molecule is CN(C(=O)OC(C)(C)C)[C@@H]1[C@@H](O)[C@@H](O[C@@H]2[C@@H](O)[C@H](O[C@H]3OC(CNCC4CC(NC(=O)OC(C)(C)C)C4)=CC[C@H]3NC(=O)OC(C)(C)C)[C@@H](NC(=O)OC(C)(C)C)C[C@H]2NC(=O)C2(O)CC(CC(=O)OC(C)(C)C)C2)OC[C@]1(C)O. The Bertz CT molecular complexity index is 2200. The molecule has 4 fully saturated rings. The number of esters is 1. The molecule has 25 nitrogen and oxygen atoms in total. The Hall–Kier alpha value is -4.76. The van der Waals surface area contributed by atoms with Crippen molar-refractivity contribution in [2.24, 2.45) is 11.8 Å². The van der Waals surface area contributed by atoms with E-state index in [0.717, 1.165) is 4.90 Å². The summed E-state index contributed by atoms with van der Waals surface area (Å²) in [4.78, 5) is 80.9. The minimum Gasteiger partial charge on any atom is -0.466 e. The Balaban J connectivity index is 1.46. The van der Waals surface area contributed by atoms with Gasteiger partial charge in [-0.1, -0.05) is 0 Å². The van der Waals surface area contributed by atoms with E-state index in [2.05, 4.69) is 26.6 Å². The second-order valence-electron chi connectivity index (χ2n) is 27.4. The van der Waals surface area contributed by atoms with Crippen LogP contribution in [0.3, 0.4) is 0 Å². The van der Waals surface area contributed by atoms with Crippen LogP contribution in [0.25, 0.3) is 0 Å². The van der Waals surface area contributed by atoms with Gasteiger partial charge in [0.25, 0.3) is 5.91 Å². The van der Waals surface area contributed by atoms with Gasteiger partial charge in [-0.2, -0.15) is 0 Å². The van der Waals surface area contributed by atoms with Crippen LogP contribution in [0, 0.1) is 11.8 Å². The van der Waals surface area contributed by atoms with E-state index in [1.807, 2.05) is 0 Å². The van der Waals surface area contributed by atoms with Crippen molar-refractivity contribution in [2.75, 3.05) is 26.7 Å². The first-order valence-electron chi connectivity index (χ1n) is 27.8. The zero-order valence-corrected chi connectivity index (χ0v) is 50.0. The average Bonchev–Trinajstić information content (AvgIpc) is 3.22.